The Morgan fingerprint density at radius 3 is 2.59 bits per heavy atom. The standard InChI is InChI=1S/C14H12BFN2O4/c15-9-2-1-7(3-10(9)16)8-4-11(19)13(17-5-8)14(22)18-6-12(20)21/h1-5,19H,6,15H2,(H,18,22)(H,20,21). The number of rotatable bonds is 4. The van der Waals surface area contributed by atoms with E-state index in [4.69, 9.17) is 5.11 Å². The summed E-state index contributed by atoms with van der Waals surface area (Å²) >= 11 is 0. The molecule has 1 amide bonds. The zero-order chi connectivity index (χ0) is 16.3. The molecule has 0 radical (unpaired) electrons. The SMILES string of the molecule is Bc1ccc(-c2cnc(C(=O)NCC(=O)O)c(O)c2)cc1F. The molecule has 112 valence electrons. The maximum atomic E-state index is 13.5. The lowest BCUT2D eigenvalue weighted by atomic mass is 9.93. The Hall–Kier alpha value is -2.90. The van der Waals surface area contributed by atoms with Gasteiger partial charge in [0.05, 0.1) is 0 Å². The van der Waals surface area contributed by atoms with Crippen molar-refractivity contribution in [3.8, 4) is 16.9 Å². The molecule has 0 saturated carbocycles. The molecule has 22 heavy (non-hydrogen) atoms. The van der Waals surface area contributed by atoms with Crippen molar-refractivity contribution in [2.45, 2.75) is 0 Å². The van der Waals surface area contributed by atoms with E-state index in [-0.39, 0.29) is 11.5 Å². The van der Waals surface area contributed by atoms with E-state index in [0.29, 0.717) is 16.6 Å². The molecule has 0 atom stereocenters. The van der Waals surface area contributed by atoms with E-state index in [0.717, 1.165) is 0 Å². The third-order valence-corrected chi connectivity index (χ3v) is 2.99. The first-order valence-electron chi connectivity index (χ1n) is 6.34. The van der Waals surface area contributed by atoms with Crippen LogP contribution >= 0.6 is 0 Å². The fourth-order valence-corrected chi connectivity index (χ4v) is 1.80. The predicted octanol–water partition coefficient (Wildman–Crippen LogP) is -0.334. The van der Waals surface area contributed by atoms with Gasteiger partial charge >= 0.3 is 5.97 Å². The van der Waals surface area contributed by atoms with Gasteiger partial charge < -0.3 is 15.5 Å². The van der Waals surface area contributed by atoms with Gasteiger partial charge in [-0.05, 0) is 17.7 Å². The summed E-state index contributed by atoms with van der Waals surface area (Å²) in [5, 5.41) is 20.4. The number of aromatic nitrogens is 1. The Kier molecular flexibility index (Phi) is 4.40. The summed E-state index contributed by atoms with van der Waals surface area (Å²) < 4.78 is 13.5. The molecule has 6 nitrogen and oxygen atoms in total. The Morgan fingerprint density at radius 2 is 2.00 bits per heavy atom. The smallest absolute Gasteiger partial charge is 0.322 e. The van der Waals surface area contributed by atoms with Crippen LogP contribution in [0.1, 0.15) is 10.5 Å². The second-order valence-corrected chi connectivity index (χ2v) is 4.63. The number of carbonyl (C=O) groups is 2. The van der Waals surface area contributed by atoms with Crippen LogP contribution in [-0.4, -0.2) is 41.5 Å². The Balaban J connectivity index is 2.27. The highest BCUT2D eigenvalue weighted by Gasteiger charge is 2.15. The lowest BCUT2D eigenvalue weighted by molar-refractivity contribution is -0.135. The van der Waals surface area contributed by atoms with E-state index < -0.39 is 24.2 Å². The summed E-state index contributed by atoms with van der Waals surface area (Å²) in [6.07, 6.45) is 1.31. The second-order valence-electron chi connectivity index (χ2n) is 4.63. The van der Waals surface area contributed by atoms with Crippen molar-refractivity contribution >= 4 is 25.2 Å². The largest absolute Gasteiger partial charge is 0.505 e. The molecule has 1 aromatic heterocycles. The van der Waals surface area contributed by atoms with Gasteiger partial charge in [-0.25, -0.2) is 9.37 Å². The van der Waals surface area contributed by atoms with Crippen LogP contribution in [0.2, 0.25) is 0 Å². The Bertz CT molecular complexity index is 752. The molecule has 0 aliphatic carbocycles. The van der Waals surface area contributed by atoms with Crippen LogP contribution in [-0.2, 0) is 4.79 Å². The first-order valence-corrected chi connectivity index (χ1v) is 6.34. The van der Waals surface area contributed by atoms with Crippen molar-refractivity contribution < 1.29 is 24.2 Å². The molecule has 8 heteroatoms. The van der Waals surface area contributed by atoms with Crippen LogP contribution in [0.4, 0.5) is 4.39 Å². The first kappa shape index (κ1) is 15.5. The van der Waals surface area contributed by atoms with Crippen molar-refractivity contribution in [3.63, 3.8) is 0 Å². The zero-order valence-electron chi connectivity index (χ0n) is 11.6. The minimum absolute atomic E-state index is 0.294. The molecule has 2 aromatic rings. The summed E-state index contributed by atoms with van der Waals surface area (Å²) in [4.78, 5) is 25.9. The summed E-state index contributed by atoms with van der Waals surface area (Å²) in [6.45, 7) is -0.578. The van der Waals surface area contributed by atoms with Crippen molar-refractivity contribution in [2.75, 3.05) is 6.54 Å². The van der Waals surface area contributed by atoms with Crippen LogP contribution in [0.25, 0.3) is 11.1 Å². The van der Waals surface area contributed by atoms with Gasteiger partial charge in [-0.3, -0.25) is 9.59 Å². The minimum atomic E-state index is -1.21. The van der Waals surface area contributed by atoms with E-state index in [9.17, 15) is 19.1 Å². The van der Waals surface area contributed by atoms with Gasteiger partial charge in [0.1, 0.15) is 26.0 Å². The highest BCUT2D eigenvalue weighted by Crippen LogP contribution is 2.24. The highest BCUT2D eigenvalue weighted by molar-refractivity contribution is 6.32. The maximum absolute atomic E-state index is 13.5. The van der Waals surface area contributed by atoms with Crippen LogP contribution in [0, 0.1) is 5.82 Å². The number of aliphatic carboxylic acids is 1. The number of aromatic hydroxyl groups is 1. The lowest BCUT2D eigenvalue weighted by Crippen LogP contribution is -2.29. The molecule has 0 bridgehead atoms. The molecular formula is C14H12BFN2O4. The van der Waals surface area contributed by atoms with Crippen molar-refractivity contribution in [2.24, 2.45) is 0 Å². The number of carbonyl (C=O) groups excluding carboxylic acids is 1. The van der Waals surface area contributed by atoms with E-state index in [2.05, 4.69) is 10.3 Å². The fourth-order valence-electron chi connectivity index (χ4n) is 1.80. The Morgan fingerprint density at radius 1 is 1.27 bits per heavy atom. The predicted molar refractivity (Wildman–Crippen MR) is 79.4 cm³/mol. The normalized spacial score (nSPS) is 10.2. The highest BCUT2D eigenvalue weighted by atomic mass is 19.1. The summed E-state index contributed by atoms with van der Waals surface area (Å²) in [5.41, 5.74) is 1.14. The van der Waals surface area contributed by atoms with E-state index in [1.54, 1.807) is 20.0 Å². The molecular weight excluding hydrogens is 290 g/mol. The fraction of sp³-hybridized carbons (Fsp3) is 0.0714. The third kappa shape index (κ3) is 3.40. The molecule has 0 aliphatic heterocycles. The number of carboxylic acids is 1. The second kappa shape index (κ2) is 6.25. The summed E-state index contributed by atoms with van der Waals surface area (Å²) in [5.74, 6) is -2.82. The number of nitrogens with zero attached hydrogens (tertiary/aromatic N) is 1. The van der Waals surface area contributed by atoms with Crippen molar-refractivity contribution in [1.82, 2.24) is 10.3 Å². The first-order chi connectivity index (χ1) is 10.4. The molecule has 0 aliphatic rings. The third-order valence-electron chi connectivity index (χ3n) is 2.99. The number of carboxylic acid groups (broad SMARTS) is 1. The van der Waals surface area contributed by atoms with Gasteiger partial charge in [0, 0.05) is 11.8 Å². The Labute approximate surface area is 126 Å². The molecule has 0 saturated heterocycles. The average molecular weight is 302 g/mol. The number of nitrogens with one attached hydrogen (secondary N) is 1. The van der Waals surface area contributed by atoms with Gasteiger partial charge in [-0.1, -0.05) is 17.6 Å². The molecule has 0 spiro atoms. The van der Waals surface area contributed by atoms with Crippen LogP contribution in [0.5, 0.6) is 5.75 Å². The maximum Gasteiger partial charge on any atom is 0.322 e. The molecule has 2 rings (SSSR count). The topological polar surface area (TPSA) is 99.5 Å². The van der Waals surface area contributed by atoms with Crippen molar-refractivity contribution in [3.05, 3.63) is 42.0 Å². The number of amides is 1. The number of hydrogen-bond donors (Lipinski definition) is 3. The molecule has 0 fully saturated rings. The van der Waals surface area contributed by atoms with E-state index in [1.165, 1.54) is 18.3 Å². The van der Waals surface area contributed by atoms with Gasteiger partial charge in [0.25, 0.3) is 5.91 Å². The van der Waals surface area contributed by atoms with Gasteiger partial charge in [0.2, 0.25) is 0 Å². The molecule has 1 aromatic carbocycles. The van der Waals surface area contributed by atoms with Gasteiger partial charge in [-0.15, -0.1) is 0 Å². The van der Waals surface area contributed by atoms with Crippen LogP contribution < -0.4 is 10.8 Å². The van der Waals surface area contributed by atoms with Crippen LogP contribution in [0.3, 0.4) is 0 Å². The van der Waals surface area contributed by atoms with Crippen LogP contribution in [0.15, 0.2) is 30.5 Å². The average Bonchev–Trinajstić information content (AvgIpc) is 2.47. The summed E-state index contributed by atoms with van der Waals surface area (Å²) in [7, 11) is 1.63. The van der Waals surface area contributed by atoms with E-state index >= 15 is 0 Å². The van der Waals surface area contributed by atoms with Gasteiger partial charge in [-0.2, -0.15) is 0 Å². The monoisotopic (exact) mass is 302 g/mol. The lowest BCUT2D eigenvalue weighted by Gasteiger charge is -2.07. The number of pyridine rings is 1. The molecule has 1 heterocycles. The van der Waals surface area contributed by atoms with E-state index in [1.807, 2.05) is 0 Å². The molecule has 3 N–H and O–H groups in total. The van der Waals surface area contributed by atoms with Gasteiger partial charge in [0.15, 0.2) is 5.69 Å². The molecule has 0 unspecified atom stereocenters. The zero-order valence-corrected chi connectivity index (χ0v) is 11.6. The minimum Gasteiger partial charge on any atom is -0.505 e. The number of benzene rings is 1. The summed E-state index contributed by atoms with van der Waals surface area (Å²) in [6, 6.07) is 5.83. The van der Waals surface area contributed by atoms with Crippen molar-refractivity contribution in [1.29, 1.82) is 0 Å². The quantitative estimate of drug-likeness (QED) is 0.671. The number of halogens is 1. The number of hydrogen-bond acceptors (Lipinski definition) is 4.